The summed E-state index contributed by atoms with van der Waals surface area (Å²) in [6.07, 6.45) is -0.0699. The van der Waals surface area contributed by atoms with Crippen molar-refractivity contribution in [3.8, 4) is 0 Å². The average Bonchev–Trinajstić information content (AvgIpc) is 2.76. The third-order valence-electron chi connectivity index (χ3n) is 3.61. The third kappa shape index (κ3) is 2.27. The number of aliphatic hydroxyl groups is 1. The zero-order chi connectivity index (χ0) is 14.9. The number of esters is 1. The predicted octanol–water partition coefficient (Wildman–Crippen LogP) is -1.00. The number of methoxy groups -OCH3 is 1. The van der Waals surface area contributed by atoms with Crippen molar-refractivity contribution in [3.05, 3.63) is 33.1 Å². The number of hydrogen-bond donors (Lipinski definition) is 2. The van der Waals surface area contributed by atoms with Gasteiger partial charge in [-0.25, -0.2) is 4.79 Å². The van der Waals surface area contributed by atoms with E-state index in [9.17, 15) is 19.5 Å². The summed E-state index contributed by atoms with van der Waals surface area (Å²) in [7, 11) is 1.25. The zero-order valence-electron chi connectivity index (χ0n) is 11.2. The first-order chi connectivity index (χ1) is 9.42. The van der Waals surface area contributed by atoms with Crippen molar-refractivity contribution in [3.63, 3.8) is 0 Å². The summed E-state index contributed by atoms with van der Waals surface area (Å²) in [5, 5.41) is 9.35. The summed E-state index contributed by atoms with van der Waals surface area (Å²) in [5.41, 5.74) is -2.20. The maximum Gasteiger partial charge on any atom is 0.330 e. The molecular weight excluding hydrogens is 268 g/mol. The molecule has 3 atom stereocenters. The zero-order valence-corrected chi connectivity index (χ0v) is 11.2. The average molecular weight is 284 g/mol. The number of rotatable bonds is 3. The van der Waals surface area contributed by atoms with Gasteiger partial charge in [-0.3, -0.25) is 19.1 Å². The van der Waals surface area contributed by atoms with Crippen LogP contribution >= 0.6 is 0 Å². The Morgan fingerprint density at radius 3 is 2.90 bits per heavy atom. The van der Waals surface area contributed by atoms with Gasteiger partial charge >= 0.3 is 11.7 Å². The largest absolute Gasteiger partial charge is 0.469 e. The van der Waals surface area contributed by atoms with Gasteiger partial charge in [-0.15, -0.1) is 0 Å². The molecule has 1 fully saturated rings. The van der Waals surface area contributed by atoms with Crippen molar-refractivity contribution in [2.45, 2.75) is 25.7 Å². The molecule has 2 heterocycles. The van der Waals surface area contributed by atoms with E-state index in [0.29, 0.717) is 0 Å². The van der Waals surface area contributed by atoms with Crippen molar-refractivity contribution >= 4 is 5.97 Å². The Bertz CT molecular complexity index is 621. The van der Waals surface area contributed by atoms with Crippen LogP contribution in [0, 0.1) is 5.41 Å². The molecule has 1 aliphatic heterocycles. The molecule has 1 saturated heterocycles. The summed E-state index contributed by atoms with van der Waals surface area (Å²) in [6, 6.07) is 1.19. The van der Waals surface area contributed by atoms with E-state index in [1.165, 1.54) is 23.9 Å². The van der Waals surface area contributed by atoms with Crippen LogP contribution in [-0.4, -0.2) is 40.4 Å². The minimum absolute atomic E-state index is 0.164. The Balaban J connectivity index is 2.36. The normalized spacial score (nSPS) is 29.4. The van der Waals surface area contributed by atoms with Gasteiger partial charge in [0, 0.05) is 18.7 Å². The molecular formula is C12H16N2O6. The molecule has 1 aliphatic rings. The van der Waals surface area contributed by atoms with E-state index in [2.05, 4.69) is 4.98 Å². The fraction of sp³-hybridized carbons (Fsp3) is 0.583. The number of nitrogens with one attached hydrogen (secondary N) is 1. The van der Waals surface area contributed by atoms with Gasteiger partial charge in [-0.05, 0) is 6.92 Å². The molecule has 8 nitrogen and oxygen atoms in total. The van der Waals surface area contributed by atoms with Crippen molar-refractivity contribution in [2.24, 2.45) is 5.41 Å². The highest BCUT2D eigenvalue weighted by molar-refractivity contribution is 5.77. The quantitative estimate of drug-likeness (QED) is 0.688. The lowest BCUT2D eigenvalue weighted by Gasteiger charge is -2.24. The van der Waals surface area contributed by atoms with Crippen LogP contribution in [0.15, 0.2) is 21.9 Å². The number of carbonyl (C=O) groups is 1. The van der Waals surface area contributed by atoms with Gasteiger partial charge in [-0.2, -0.15) is 0 Å². The molecule has 0 aliphatic carbocycles. The standard InChI is InChI=1S/C12H16N2O6/c1-12(10(17)19-2)5-9(20-7(12)6-15)14-4-3-8(16)13-11(14)18/h3-4,7,9,15H,5-6H2,1-2H3,(H,13,16,18)/t7-,9-,12-/m1/s1. The second-order valence-corrected chi connectivity index (χ2v) is 4.89. The number of nitrogens with zero attached hydrogens (tertiary/aromatic N) is 1. The van der Waals surface area contributed by atoms with Gasteiger partial charge in [0.1, 0.15) is 6.23 Å². The van der Waals surface area contributed by atoms with Crippen LogP contribution in [0.1, 0.15) is 19.6 Å². The van der Waals surface area contributed by atoms with Gasteiger partial charge in [-0.1, -0.05) is 0 Å². The number of hydrogen-bond acceptors (Lipinski definition) is 6. The Morgan fingerprint density at radius 2 is 2.35 bits per heavy atom. The number of H-pyrrole nitrogens is 1. The molecule has 0 spiro atoms. The molecule has 110 valence electrons. The third-order valence-corrected chi connectivity index (χ3v) is 3.61. The van der Waals surface area contributed by atoms with Crippen molar-refractivity contribution in [2.75, 3.05) is 13.7 Å². The number of ether oxygens (including phenoxy) is 2. The van der Waals surface area contributed by atoms with Crippen LogP contribution in [-0.2, 0) is 14.3 Å². The van der Waals surface area contributed by atoms with Crippen LogP contribution in [0.3, 0.4) is 0 Å². The topological polar surface area (TPSA) is 111 Å². The summed E-state index contributed by atoms with van der Waals surface area (Å²) >= 11 is 0. The molecule has 0 aromatic carbocycles. The van der Waals surface area contributed by atoms with Crippen LogP contribution in [0.2, 0.25) is 0 Å². The molecule has 8 heteroatoms. The van der Waals surface area contributed by atoms with Gasteiger partial charge in [0.2, 0.25) is 0 Å². The van der Waals surface area contributed by atoms with Gasteiger partial charge in [0.25, 0.3) is 5.56 Å². The highest BCUT2D eigenvalue weighted by Crippen LogP contribution is 2.43. The molecule has 0 saturated carbocycles. The maximum atomic E-state index is 11.9. The Morgan fingerprint density at radius 1 is 1.65 bits per heavy atom. The van der Waals surface area contributed by atoms with Crippen LogP contribution in [0.4, 0.5) is 0 Å². The minimum Gasteiger partial charge on any atom is -0.469 e. The Labute approximate surface area is 114 Å². The number of carbonyl (C=O) groups excluding carboxylic acids is 1. The van der Waals surface area contributed by atoms with Crippen LogP contribution < -0.4 is 11.2 Å². The lowest BCUT2D eigenvalue weighted by Crippen LogP contribution is -2.39. The van der Waals surface area contributed by atoms with E-state index >= 15 is 0 Å². The van der Waals surface area contributed by atoms with E-state index in [0.717, 1.165) is 0 Å². The molecule has 0 unspecified atom stereocenters. The first kappa shape index (κ1) is 14.5. The summed E-state index contributed by atoms with van der Waals surface area (Å²) in [4.78, 5) is 36.7. The minimum atomic E-state index is -1.05. The smallest absolute Gasteiger partial charge is 0.330 e. The highest BCUT2D eigenvalue weighted by Gasteiger charge is 2.51. The highest BCUT2D eigenvalue weighted by atomic mass is 16.5. The van der Waals surface area contributed by atoms with Crippen molar-refractivity contribution in [1.29, 1.82) is 0 Å². The summed E-state index contributed by atoms with van der Waals surface area (Å²) in [5.74, 6) is -0.517. The van der Waals surface area contributed by atoms with Gasteiger partial charge in [0.05, 0.1) is 25.2 Å². The molecule has 2 N–H and O–H groups in total. The maximum absolute atomic E-state index is 11.9. The molecule has 20 heavy (non-hydrogen) atoms. The van der Waals surface area contributed by atoms with Gasteiger partial charge < -0.3 is 14.6 Å². The molecule has 1 aromatic rings. The second kappa shape index (κ2) is 5.22. The predicted molar refractivity (Wildman–Crippen MR) is 67.1 cm³/mol. The molecule has 0 radical (unpaired) electrons. The fourth-order valence-corrected chi connectivity index (χ4v) is 2.39. The first-order valence-electron chi connectivity index (χ1n) is 6.08. The monoisotopic (exact) mass is 284 g/mol. The Hall–Kier alpha value is -1.93. The van der Waals surface area contributed by atoms with E-state index in [4.69, 9.17) is 9.47 Å². The molecule has 0 bridgehead atoms. The first-order valence-corrected chi connectivity index (χ1v) is 6.08. The second-order valence-electron chi connectivity index (χ2n) is 4.89. The van der Waals surface area contributed by atoms with Crippen LogP contribution in [0.5, 0.6) is 0 Å². The van der Waals surface area contributed by atoms with E-state index < -0.39 is 35.0 Å². The fourth-order valence-electron chi connectivity index (χ4n) is 2.39. The molecule has 2 rings (SSSR count). The summed E-state index contributed by atoms with van der Waals surface area (Å²) in [6.45, 7) is 1.23. The van der Waals surface area contributed by atoms with E-state index in [1.54, 1.807) is 6.92 Å². The van der Waals surface area contributed by atoms with Crippen LogP contribution in [0.25, 0.3) is 0 Å². The number of aromatic nitrogens is 2. The molecule has 1 aromatic heterocycles. The van der Waals surface area contributed by atoms with Crippen molar-refractivity contribution in [1.82, 2.24) is 9.55 Å². The Kier molecular flexibility index (Phi) is 3.78. The SMILES string of the molecule is COC(=O)[C@]1(C)C[C@H](n2ccc(=O)[nH]c2=O)O[C@@H]1CO. The van der Waals surface area contributed by atoms with Crippen molar-refractivity contribution < 1.29 is 19.4 Å². The summed E-state index contributed by atoms with van der Waals surface area (Å²) < 4.78 is 11.5. The molecule has 0 amide bonds. The van der Waals surface area contributed by atoms with E-state index in [1.807, 2.05) is 0 Å². The number of aliphatic hydroxyl groups excluding tert-OH is 1. The van der Waals surface area contributed by atoms with Gasteiger partial charge in [0.15, 0.2) is 0 Å². The number of aromatic amines is 1. The lowest BCUT2D eigenvalue weighted by atomic mass is 9.83. The lowest BCUT2D eigenvalue weighted by molar-refractivity contribution is -0.156. The van der Waals surface area contributed by atoms with E-state index in [-0.39, 0.29) is 13.0 Å².